The van der Waals surface area contributed by atoms with Crippen LogP contribution in [0, 0.1) is 5.92 Å². The summed E-state index contributed by atoms with van der Waals surface area (Å²) in [6.07, 6.45) is 0.130. The van der Waals surface area contributed by atoms with Crippen LogP contribution in [0.15, 0.2) is 46.9 Å². The van der Waals surface area contributed by atoms with Gasteiger partial charge in [-0.3, -0.25) is 9.59 Å². The molecule has 0 N–H and O–H groups in total. The predicted molar refractivity (Wildman–Crippen MR) is 92.8 cm³/mol. The van der Waals surface area contributed by atoms with E-state index in [2.05, 4.69) is 15.9 Å². The Labute approximate surface area is 152 Å². The van der Waals surface area contributed by atoms with Gasteiger partial charge in [-0.15, -0.1) is 0 Å². The van der Waals surface area contributed by atoms with E-state index in [0.29, 0.717) is 23.8 Å². The zero-order valence-corrected chi connectivity index (χ0v) is 14.7. The molecule has 7 heteroatoms. The molecule has 1 amide bonds. The number of ether oxygens (including phenoxy) is 3. The molecule has 2 aliphatic rings. The summed E-state index contributed by atoms with van der Waals surface area (Å²) in [7, 11) is 0. The molecule has 0 aromatic heterocycles. The van der Waals surface area contributed by atoms with Crippen LogP contribution < -0.4 is 19.1 Å². The van der Waals surface area contributed by atoms with Crippen LogP contribution in [0.1, 0.15) is 6.42 Å². The number of benzene rings is 2. The lowest BCUT2D eigenvalue weighted by Gasteiger charge is -2.18. The van der Waals surface area contributed by atoms with Crippen LogP contribution in [0.25, 0.3) is 0 Å². The first-order valence-electron chi connectivity index (χ1n) is 7.78. The van der Waals surface area contributed by atoms with Crippen LogP contribution in [0.4, 0.5) is 5.69 Å². The Bertz CT molecular complexity index is 853. The van der Waals surface area contributed by atoms with E-state index < -0.39 is 11.9 Å². The highest BCUT2D eigenvalue weighted by Gasteiger charge is 2.37. The Hall–Kier alpha value is -2.54. The van der Waals surface area contributed by atoms with Gasteiger partial charge in [0, 0.05) is 23.5 Å². The fourth-order valence-electron chi connectivity index (χ4n) is 2.91. The van der Waals surface area contributed by atoms with Gasteiger partial charge >= 0.3 is 5.97 Å². The van der Waals surface area contributed by atoms with E-state index in [9.17, 15) is 9.59 Å². The summed E-state index contributed by atoms with van der Waals surface area (Å²) in [5.41, 5.74) is 0.755. The molecule has 2 aromatic carbocycles. The van der Waals surface area contributed by atoms with Gasteiger partial charge < -0.3 is 19.1 Å². The second kappa shape index (κ2) is 6.40. The maximum absolute atomic E-state index is 12.4. The SMILES string of the molecule is O=C(Oc1ccc2c(c1)OCO2)C1CC(=O)N(c2ccccc2Br)C1. The normalized spacial score (nSPS) is 18.5. The molecule has 128 valence electrons. The van der Waals surface area contributed by atoms with Gasteiger partial charge in [-0.25, -0.2) is 0 Å². The lowest BCUT2D eigenvalue weighted by atomic mass is 10.1. The Morgan fingerprint density at radius 2 is 1.96 bits per heavy atom. The van der Waals surface area contributed by atoms with Crippen molar-refractivity contribution in [3.63, 3.8) is 0 Å². The van der Waals surface area contributed by atoms with Crippen LogP contribution in [-0.2, 0) is 9.59 Å². The first-order valence-corrected chi connectivity index (χ1v) is 8.57. The predicted octanol–water partition coefficient (Wildman–Crippen LogP) is 3.14. The first kappa shape index (κ1) is 16.0. The van der Waals surface area contributed by atoms with Crippen molar-refractivity contribution in [2.24, 2.45) is 5.92 Å². The van der Waals surface area contributed by atoms with E-state index in [1.165, 1.54) is 0 Å². The van der Waals surface area contributed by atoms with Crippen molar-refractivity contribution < 1.29 is 23.8 Å². The van der Waals surface area contributed by atoms with Crippen molar-refractivity contribution in [3.05, 3.63) is 46.9 Å². The average Bonchev–Trinajstić information content (AvgIpc) is 3.21. The van der Waals surface area contributed by atoms with E-state index in [4.69, 9.17) is 14.2 Å². The quantitative estimate of drug-likeness (QED) is 0.581. The Morgan fingerprint density at radius 3 is 2.80 bits per heavy atom. The zero-order chi connectivity index (χ0) is 17.4. The molecule has 2 heterocycles. The Balaban J connectivity index is 1.47. The number of hydrogen-bond donors (Lipinski definition) is 0. The van der Waals surface area contributed by atoms with Gasteiger partial charge in [0.1, 0.15) is 5.75 Å². The van der Waals surface area contributed by atoms with Crippen LogP contribution in [0.3, 0.4) is 0 Å². The van der Waals surface area contributed by atoms with E-state index >= 15 is 0 Å². The standard InChI is InChI=1S/C18H14BrNO5/c19-13-3-1-2-4-14(13)20-9-11(7-17(20)21)18(22)25-12-5-6-15-16(8-12)24-10-23-15/h1-6,8,11H,7,9-10H2. The largest absolute Gasteiger partial charge is 0.454 e. The molecule has 1 fully saturated rings. The van der Waals surface area contributed by atoms with Gasteiger partial charge in [0.2, 0.25) is 12.7 Å². The summed E-state index contributed by atoms with van der Waals surface area (Å²) in [5.74, 6) is 0.506. The highest BCUT2D eigenvalue weighted by molar-refractivity contribution is 9.10. The van der Waals surface area contributed by atoms with Gasteiger partial charge in [-0.1, -0.05) is 12.1 Å². The minimum Gasteiger partial charge on any atom is -0.454 e. The molecule has 4 rings (SSSR count). The number of amides is 1. The summed E-state index contributed by atoms with van der Waals surface area (Å²) < 4.78 is 16.7. The summed E-state index contributed by atoms with van der Waals surface area (Å²) in [6.45, 7) is 0.454. The lowest BCUT2D eigenvalue weighted by molar-refractivity contribution is -0.139. The van der Waals surface area contributed by atoms with Crippen molar-refractivity contribution >= 4 is 33.5 Å². The molecule has 0 aliphatic carbocycles. The highest BCUT2D eigenvalue weighted by atomic mass is 79.9. The molecule has 25 heavy (non-hydrogen) atoms. The van der Waals surface area contributed by atoms with Crippen LogP contribution in [-0.4, -0.2) is 25.2 Å². The second-order valence-corrected chi connectivity index (χ2v) is 6.65. The van der Waals surface area contributed by atoms with Gasteiger partial charge in [0.25, 0.3) is 0 Å². The van der Waals surface area contributed by atoms with Crippen molar-refractivity contribution in [2.75, 3.05) is 18.2 Å². The molecule has 0 radical (unpaired) electrons. The van der Waals surface area contributed by atoms with Gasteiger partial charge in [0.05, 0.1) is 11.6 Å². The third kappa shape index (κ3) is 3.07. The van der Waals surface area contributed by atoms with Crippen molar-refractivity contribution in [2.45, 2.75) is 6.42 Å². The van der Waals surface area contributed by atoms with E-state index in [-0.39, 0.29) is 19.1 Å². The Morgan fingerprint density at radius 1 is 1.16 bits per heavy atom. The fourth-order valence-corrected chi connectivity index (χ4v) is 3.41. The molecular formula is C18H14BrNO5. The van der Waals surface area contributed by atoms with Crippen molar-refractivity contribution in [1.82, 2.24) is 0 Å². The minimum atomic E-state index is -0.509. The fraction of sp³-hybridized carbons (Fsp3) is 0.222. The molecule has 2 aromatic rings. The number of fused-ring (bicyclic) bond motifs is 1. The van der Waals surface area contributed by atoms with Crippen molar-refractivity contribution in [3.8, 4) is 17.2 Å². The molecule has 1 atom stereocenters. The molecule has 1 unspecified atom stereocenters. The number of carbonyl (C=O) groups is 2. The summed E-state index contributed by atoms with van der Waals surface area (Å²) in [5, 5.41) is 0. The van der Waals surface area contributed by atoms with E-state index in [1.807, 2.05) is 24.3 Å². The highest BCUT2D eigenvalue weighted by Crippen LogP contribution is 2.36. The molecule has 2 aliphatic heterocycles. The second-order valence-electron chi connectivity index (χ2n) is 5.79. The summed E-state index contributed by atoms with van der Waals surface area (Å²) in [6, 6.07) is 12.4. The summed E-state index contributed by atoms with van der Waals surface area (Å²) in [4.78, 5) is 26.4. The third-order valence-electron chi connectivity index (χ3n) is 4.16. The first-order chi connectivity index (χ1) is 12.1. The Kier molecular flexibility index (Phi) is 4.09. The maximum atomic E-state index is 12.4. The number of anilines is 1. The summed E-state index contributed by atoms with van der Waals surface area (Å²) >= 11 is 3.44. The molecule has 0 bridgehead atoms. The molecule has 0 spiro atoms. The average molecular weight is 404 g/mol. The zero-order valence-electron chi connectivity index (χ0n) is 13.1. The van der Waals surface area contributed by atoms with Crippen molar-refractivity contribution in [1.29, 1.82) is 0 Å². The third-order valence-corrected chi connectivity index (χ3v) is 4.83. The number of hydrogen-bond acceptors (Lipinski definition) is 5. The van der Waals surface area contributed by atoms with Crippen LogP contribution in [0.5, 0.6) is 17.2 Å². The number of para-hydroxylation sites is 1. The number of halogens is 1. The number of rotatable bonds is 3. The monoisotopic (exact) mass is 403 g/mol. The number of nitrogens with zero attached hydrogens (tertiary/aromatic N) is 1. The molecule has 0 saturated carbocycles. The smallest absolute Gasteiger partial charge is 0.316 e. The lowest BCUT2D eigenvalue weighted by Crippen LogP contribution is -2.27. The topological polar surface area (TPSA) is 65.1 Å². The van der Waals surface area contributed by atoms with Gasteiger partial charge in [-0.2, -0.15) is 0 Å². The van der Waals surface area contributed by atoms with E-state index in [0.717, 1.165) is 10.2 Å². The van der Waals surface area contributed by atoms with E-state index in [1.54, 1.807) is 23.1 Å². The van der Waals surface area contributed by atoms with Gasteiger partial charge in [-0.05, 0) is 40.2 Å². The van der Waals surface area contributed by atoms with Gasteiger partial charge in [0.15, 0.2) is 11.5 Å². The minimum absolute atomic E-state index is 0.0977. The number of esters is 1. The molecule has 1 saturated heterocycles. The van der Waals surface area contributed by atoms with Crippen LogP contribution in [0.2, 0.25) is 0 Å². The number of carbonyl (C=O) groups excluding carboxylic acids is 2. The molecular weight excluding hydrogens is 390 g/mol. The maximum Gasteiger partial charge on any atom is 0.316 e. The van der Waals surface area contributed by atoms with Crippen LogP contribution >= 0.6 is 15.9 Å². The molecule has 6 nitrogen and oxygen atoms in total.